The lowest BCUT2D eigenvalue weighted by Crippen LogP contribution is -2.81. The minimum absolute atomic E-state index is 0.0995. The van der Waals surface area contributed by atoms with E-state index in [9.17, 15) is 57.5 Å². The summed E-state index contributed by atoms with van der Waals surface area (Å²) in [4.78, 5) is 16.6. The molecule has 0 unspecified atom stereocenters. The molecule has 348 valence electrons. The van der Waals surface area contributed by atoms with E-state index in [1.165, 1.54) is 5.56 Å². The molecule has 0 saturated heterocycles. The van der Waals surface area contributed by atoms with Gasteiger partial charge < -0.3 is 0 Å². The zero-order chi connectivity index (χ0) is 49.6. The summed E-state index contributed by atoms with van der Waals surface area (Å²) in [6.07, 6.45) is -0.938. The number of ketones is 1. The Labute approximate surface area is 361 Å². The maximum atomic E-state index is 15.4. The number of nitrogens with zero attached hydrogens (tertiary/aromatic N) is 2. The summed E-state index contributed by atoms with van der Waals surface area (Å²) >= 11 is 0. The summed E-state index contributed by atoms with van der Waals surface area (Å²) in [5.41, 5.74) is -11.4. The SMILES string of the molecule is Fc1c(F)c(F)c([B-](c2c(F)c(F)c(F)c(F)c2F)(c2c(F)c(F)c(F)c(F)c2F)c2c(F)c(F)c(F)c(F)c2F)c(F)c1F.O=C(C[n+]1ccnc(Cc2ccccc2)c1)c1ccccc1. The summed E-state index contributed by atoms with van der Waals surface area (Å²) in [6, 6.07) is 19.5. The van der Waals surface area contributed by atoms with Crippen LogP contribution in [0.15, 0.2) is 79.3 Å². The van der Waals surface area contributed by atoms with E-state index in [1.54, 1.807) is 6.20 Å². The summed E-state index contributed by atoms with van der Waals surface area (Å²) in [5, 5.41) is 0. The smallest absolute Gasteiger partial charge is 0.227 e. The van der Waals surface area contributed by atoms with Gasteiger partial charge >= 0.3 is 0 Å². The van der Waals surface area contributed by atoms with Crippen molar-refractivity contribution in [1.29, 1.82) is 0 Å². The average molecular weight is 968 g/mol. The van der Waals surface area contributed by atoms with Crippen molar-refractivity contribution < 1.29 is 97.2 Å². The third-order valence-electron chi connectivity index (χ3n) is 10.2. The van der Waals surface area contributed by atoms with Crippen LogP contribution < -0.4 is 26.4 Å². The monoisotopic (exact) mass is 968 g/mol. The first-order valence-corrected chi connectivity index (χ1v) is 18.2. The standard InChI is InChI=1S/C24BF20.C19H17N2O/c26-5-1(6(27)14(35)21(42)13(5)34)25(2-7(28)15(36)22(43)16(37)8(2)29,3-9(30)17(38)23(44)18(39)10(3)31)4-11(32)19(40)24(45)20(41)12(4)33;22-19(17-9-5-2-6-10-17)15-21-12-11-20-18(14-21)13-16-7-3-1-4-8-16/h;1-12,14H,13,15H2/q-1;+1. The van der Waals surface area contributed by atoms with Crippen LogP contribution in [0, 0.1) is 116 Å². The quantitative estimate of drug-likeness (QED) is 0.0363. The van der Waals surface area contributed by atoms with E-state index >= 15 is 35.1 Å². The van der Waals surface area contributed by atoms with Gasteiger partial charge in [-0.2, -0.15) is 4.57 Å². The Hall–Kier alpha value is -7.27. The lowest BCUT2D eigenvalue weighted by Gasteiger charge is -2.44. The van der Waals surface area contributed by atoms with Crippen molar-refractivity contribution in [3.8, 4) is 0 Å². The molecule has 6 aromatic carbocycles. The molecule has 0 radical (unpaired) electrons. The topological polar surface area (TPSA) is 33.8 Å². The van der Waals surface area contributed by atoms with Crippen LogP contribution >= 0.6 is 0 Å². The number of halogens is 20. The number of carbonyl (C=O) groups is 1. The second kappa shape index (κ2) is 18.9. The molecule has 0 amide bonds. The number of hydrogen-bond donors (Lipinski definition) is 0. The van der Waals surface area contributed by atoms with Crippen molar-refractivity contribution in [1.82, 2.24) is 4.98 Å². The molecule has 0 bridgehead atoms. The molecule has 24 heteroatoms. The van der Waals surface area contributed by atoms with Crippen LogP contribution in [0.2, 0.25) is 0 Å². The van der Waals surface area contributed by atoms with Gasteiger partial charge in [0.1, 0.15) is 58.4 Å². The third-order valence-corrected chi connectivity index (χ3v) is 10.2. The highest BCUT2D eigenvalue weighted by Gasteiger charge is 2.52. The fourth-order valence-electron chi connectivity index (χ4n) is 7.23. The number of rotatable bonds is 9. The van der Waals surface area contributed by atoms with Gasteiger partial charge in [-0.15, -0.1) is 21.9 Å². The van der Waals surface area contributed by atoms with Gasteiger partial charge in [-0.25, -0.2) is 92.8 Å². The second-order valence-electron chi connectivity index (χ2n) is 14.0. The molecule has 0 N–H and O–H groups in total. The van der Waals surface area contributed by atoms with Crippen molar-refractivity contribution in [3.05, 3.63) is 212 Å². The number of hydrogen-bond acceptors (Lipinski definition) is 2. The van der Waals surface area contributed by atoms with Crippen LogP contribution in [0.25, 0.3) is 0 Å². The Morgan fingerprint density at radius 1 is 0.403 bits per heavy atom. The molecule has 7 aromatic rings. The lowest BCUT2D eigenvalue weighted by molar-refractivity contribution is -0.684. The van der Waals surface area contributed by atoms with E-state index in [2.05, 4.69) is 17.1 Å². The van der Waals surface area contributed by atoms with Crippen molar-refractivity contribution in [2.45, 2.75) is 13.0 Å². The van der Waals surface area contributed by atoms with Crippen molar-refractivity contribution in [2.24, 2.45) is 0 Å². The van der Waals surface area contributed by atoms with Crippen LogP contribution in [-0.2, 0) is 13.0 Å². The number of Topliss-reactive ketones (excluding diaryl/α,β-unsaturated/α-hetero) is 1. The minimum Gasteiger partial charge on any atom is -0.287 e. The number of aromatic nitrogens is 2. The fraction of sp³-hybridized carbons (Fsp3) is 0.0465. The van der Waals surface area contributed by atoms with Crippen molar-refractivity contribution >= 4 is 33.8 Å². The van der Waals surface area contributed by atoms with Crippen molar-refractivity contribution in [3.63, 3.8) is 0 Å². The molecule has 0 aliphatic heterocycles. The van der Waals surface area contributed by atoms with Gasteiger partial charge in [-0.05, 0) is 5.56 Å². The Morgan fingerprint density at radius 2 is 0.687 bits per heavy atom. The third kappa shape index (κ3) is 8.32. The fourth-order valence-corrected chi connectivity index (χ4v) is 7.23. The number of carbonyl (C=O) groups excluding carboxylic acids is 1. The van der Waals surface area contributed by atoms with Crippen LogP contribution in [-0.4, -0.2) is 16.9 Å². The molecule has 1 aromatic heterocycles. The summed E-state index contributed by atoms with van der Waals surface area (Å²) in [7, 11) is 0. The van der Waals surface area contributed by atoms with Gasteiger partial charge in [0, 0.05) is 12.0 Å². The zero-order valence-corrected chi connectivity index (χ0v) is 32.4. The summed E-state index contributed by atoms with van der Waals surface area (Å²) < 4.78 is 296. The molecule has 0 aliphatic rings. The molecule has 7 rings (SSSR count). The van der Waals surface area contributed by atoms with Crippen molar-refractivity contribution in [2.75, 3.05) is 0 Å². The maximum absolute atomic E-state index is 15.4. The average Bonchev–Trinajstić information content (AvgIpc) is 3.32. The highest BCUT2D eigenvalue weighted by molar-refractivity contribution is 7.20. The molecule has 3 nitrogen and oxygen atoms in total. The van der Waals surface area contributed by atoms with Crippen LogP contribution in [0.4, 0.5) is 87.8 Å². The van der Waals surface area contributed by atoms with E-state index < -0.39 is 144 Å². The molecule has 0 fully saturated rings. The Morgan fingerprint density at radius 3 is 1.00 bits per heavy atom. The van der Waals surface area contributed by atoms with E-state index in [0.29, 0.717) is 6.54 Å². The Bertz CT molecular complexity index is 2720. The van der Waals surface area contributed by atoms with Gasteiger partial charge in [0.05, 0.1) is 6.20 Å². The van der Waals surface area contributed by atoms with Gasteiger partial charge in [0.25, 0.3) is 0 Å². The Kier molecular flexibility index (Phi) is 13.9. The molecule has 0 saturated carbocycles. The molecule has 0 atom stereocenters. The van der Waals surface area contributed by atoms with E-state index in [4.69, 9.17) is 0 Å². The summed E-state index contributed by atoms with van der Waals surface area (Å²) in [6.45, 7) is 0.328. The normalized spacial score (nSPS) is 11.5. The lowest BCUT2D eigenvalue weighted by atomic mass is 9.12. The molecule has 67 heavy (non-hydrogen) atoms. The Balaban J connectivity index is 0.000000279. The predicted molar refractivity (Wildman–Crippen MR) is 194 cm³/mol. The molecular weight excluding hydrogens is 951 g/mol. The highest BCUT2D eigenvalue weighted by Crippen LogP contribution is 2.31. The van der Waals surface area contributed by atoms with Gasteiger partial charge in [0.2, 0.25) is 12.3 Å². The van der Waals surface area contributed by atoms with E-state index in [1.807, 2.05) is 65.5 Å². The van der Waals surface area contributed by atoms with Gasteiger partial charge in [-0.3, -0.25) is 4.79 Å². The van der Waals surface area contributed by atoms with Gasteiger partial charge in [0.15, 0.2) is 82.2 Å². The predicted octanol–water partition coefficient (Wildman–Crippen LogP) is 8.69. The van der Waals surface area contributed by atoms with Crippen LogP contribution in [0.5, 0.6) is 0 Å². The molecular formula is C43H17BF20N2O. The largest absolute Gasteiger partial charge is 0.287 e. The molecule has 1 heterocycles. The van der Waals surface area contributed by atoms with Crippen LogP contribution in [0.1, 0.15) is 21.6 Å². The first kappa shape index (κ1) is 49.2. The minimum atomic E-state index is -7.22. The summed E-state index contributed by atoms with van der Waals surface area (Å²) in [5.74, 6) is -71.3. The first-order valence-electron chi connectivity index (χ1n) is 18.2. The second-order valence-corrected chi connectivity index (χ2v) is 14.0. The zero-order valence-electron chi connectivity index (χ0n) is 32.4. The van der Waals surface area contributed by atoms with E-state index in [-0.39, 0.29) is 5.78 Å². The van der Waals surface area contributed by atoms with Crippen LogP contribution in [0.3, 0.4) is 0 Å². The van der Waals surface area contributed by atoms with Gasteiger partial charge in [-0.1, -0.05) is 60.7 Å². The molecule has 0 spiro atoms. The molecule has 0 aliphatic carbocycles. The first-order chi connectivity index (χ1) is 31.5. The number of benzene rings is 6. The van der Waals surface area contributed by atoms with E-state index in [0.717, 1.165) is 17.7 Å². The highest BCUT2D eigenvalue weighted by atomic mass is 19.2. The maximum Gasteiger partial charge on any atom is 0.227 e.